The van der Waals surface area contributed by atoms with Crippen LogP contribution in [0.25, 0.3) is 11.3 Å². The number of fused-ring (bicyclic) bond motifs is 1. The third-order valence-electron chi connectivity index (χ3n) is 6.84. The molecule has 0 atom stereocenters. The summed E-state index contributed by atoms with van der Waals surface area (Å²) in [5, 5.41) is 9.76. The fourth-order valence-electron chi connectivity index (χ4n) is 5.05. The molecule has 0 unspecified atom stereocenters. The van der Waals surface area contributed by atoms with Crippen molar-refractivity contribution >= 4 is 23.2 Å². The molecule has 8 nitrogen and oxygen atoms in total. The Kier molecular flexibility index (Phi) is 4.56. The number of nitrogens with zero attached hydrogens (tertiary/aromatic N) is 5. The fourth-order valence-corrected chi connectivity index (χ4v) is 5.05. The fraction of sp³-hybridized carbons (Fsp3) is 0.391. The first-order valence-electron chi connectivity index (χ1n) is 11.1. The van der Waals surface area contributed by atoms with E-state index in [-0.39, 0.29) is 18.9 Å². The Balaban J connectivity index is 1.30. The molecule has 0 spiro atoms. The highest BCUT2D eigenvalue weighted by Gasteiger charge is 2.43. The molecule has 1 aliphatic carbocycles. The van der Waals surface area contributed by atoms with E-state index in [1.54, 1.807) is 36.8 Å². The summed E-state index contributed by atoms with van der Waals surface area (Å²) in [5.41, 5.74) is 2.04. The number of pyridine rings is 2. The largest absolute Gasteiger partial charge is 0.353 e. The summed E-state index contributed by atoms with van der Waals surface area (Å²) in [7, 11) is 0. The minimum atomic E-state index is -2.79. The van der Waals surface area contributed by atoms with E-state index in [2.05, 4.69) is 30.4 Å². The summed E-state index contributed by atoms with van der Waals surface area (Å²) in [6.45, 7) is 0.739. The van der Waals surface area contributed by atoms with E-state index < -0.39 is 12.5 Å². The second-order valence-corrected chi connectivity index (χ2v) is 9.06. The number of aromatic amines is 1. The molecular formula is C23H23F2N7O. The lowest BCUT2D eigenvalue weighted by Gasteiger charge is -2.26. The van der Waals surface area contributed by atoms with E-state index in [4.69, 9.17) is 0 Å². The number of rotatable bonds is 5. The maximum Gasteiger partial charge on any atom is 0.266 e. The molecule has 3 saturated heterocycles. The van der Waals surface area contributed by atoms with Crippen molar-refractivity contribution in [2.75, 3.05) is 34.8 Å². The molecule has 0 radical (unpaired) electrons. The summed E-state index contributed by atoms with van der Waals surface area (Å²) in [4.78, 5) is 25.8. The van der Waals surface area contributed by atoms with Gasteiger partial charge in [-0.15, -0.1) is 0 Å². The minimum absolute atomic E-state index is 0.156. The maximum absolute atomic E-state index is 13.9. The van der Waals surface area contributed by atoms with Crippen LogP contribution in [0.15, 0.2) is 42.9 Å². The molecule has 10 heteroatoms. The molecule has 2 bridgehead atoms. The van der Waals surface area contributed by atoms with Gasteiger partial charge in [0.2, 0.25) is 0 Å². The van der Waals surface area contributed by atoms with E-state index in [1.165, 1.54) is 17.7 Å². The van der Waals surface area contributed by atoms with Crippen LogP contribution in [0, 0.1) is 5.92 Å². The van der Waals surface area contributed by atoms with Gasteiger partial charge in [0.1, 0.15) is 5.82 Å². The molecule has 1 saturated carbocycles. The van der Waals surface area contributed by atoms with Crippen molar-refractivity contribution in [2.24, 2.45) is 5.92 Å². The highest BCUT2D eigenvalue weighted by atomic mass is 19.3. The SMILES string of the molecule is O=C(Nc1c(-c2ccn[nH]2)ccnc1N1CCC(F)(F)C1)c1ccc(N2CC3CC2C3)nc1. The number of halogens is 2. The van der Waals surface area contributed by atoms with Gasteiger partial charge in [0.25, 0.3) is 11.8 Å². The van der Waals surface area contributed by atoms with Crippen LogP contribution < -0.4 is 15.1 Å². The van der Waals surface area contributed by atoms with Gasteiger partial charge in [0.05, 0.1) is 23.5 Å². The summed E-state index contributed by atoms with van der Waals surface area (Å²) >= 11 is 0. The minimum Gasteiger partial charge on any atom is -0.353 e. The van der Waals surface area contributed by atoms with Crippen LogP contribution in [-0.4, -0.2) is 57.7 Å². The summed E-state index contributed by atoms with van der Waals surface area (Å²) in [5.74, 6) is -1.20. The van der Waals surface area contributed by atoms with Crippen LogP contribution in [0.3, 0.4) is 0 Å². The first-order valence-corrected chi connectivity index (χ1v) is 11.1. The smallest absolute Gasteiger partial charge is 0.266 e. The van der Waals surface area contributed by atoms with Crippen molar-refractivity contribution in [1.29, 1.82) is 0 Å². The number of anilines is 3. The number of carbonyl (C=O) groups excluding carboxylic acids is 1. The number of hydrogen-bond donors (Lipinski definition) is 2. The number of amides is 1. The van der Waals surface area contributed by atoms with Crippen molar-refractivity contribution in [3.8, 4) is 11.3 Å². The second-order valence-electron chi connectivity index (χ2n) is 9.06. The van der Waals surface area contributed by atoms with E-state index in [0.29, 0.717) is 34.4 Å². The van der Waals surface area contributed by atoms with Gasteiger partial charge in [-0.3, -0.25) is 9.89 Å². The number of aromatic nitrogens is 4. The zero-order chi connectivity index (χ0) is 22.6. The van der Waals surface area contributed by atoms with Crippen LogP contribution in [0.4, 0.5) is 26.1 Å². The van der Waals surface area contributed by atoms with Crippen LogP contribution in [-0.2, 0) is 0 Å². The van der Waals surface area contributed by atoms with Crippen molar-refractivity contribution in [3.05, 3.63) is 48.4 Å². The van der Waals surface area contributed by atoms with Crippen LogP contribution >= 0.6 is 0 Å². The number of alkyl halides is 2. The quantitative estimate of drug-likeness (QED) is 0.617. The highest BCUT2D eigenvalue weighted by molar-refractivity contribution is 6.08. The zero-order valence-corrected chi connectivity index (χ0v) is 17.8. The van der Waals surface area contributed by atoms with Gasteiger partial charge in [0.15, 0.2) is 5.82 Å². The molecule has 4 fully saturated rings. The van der Waals surface area contributed by atoms with Crippen molar-refractivity contribution in [3.63, 3.8) is 0 Å². The average molecular weight is 451 g/mol. The number of nitrogens with one attached hydrogen (secondary N) is 2. The maximum atomic E-state index is 13.9. The molecule has 0 aromatic carbocycles. The molecule has 33 heavy (non-hydrogen) atoms. The summed E-state index contributed by atoms with van der Waals surface area (Å²) in [6, 6.07) is 7.67. The molecule has 3 aromatic heterocycles. The number of H-pyrrole nitrogens is 1. The first kappa shape index (κ1) is 20.1. The number of carbonyl (C=O) groups is 1. The first-order chi connectivity index (χ1) is 16.0. The average Bonchev–Trinajstić information content (AvgIpc) is 3.57. The third-order valence-corrected chi connectivity index (χ3v) is 6.84. The normalized spacial score (nSPS) is 23.0. The predicted molar refractivity (Wildman–Crippen MR) is 120 cm³/mol. The summed E-state index contributed by atoms with van der Waals surface area (Å²) < 4.78 is 27.8. The molecule has 4 aliphatic rings. The van der Waals surface area contributed by atoms with Gasteiger partial charge in [-0.2, -0.15) is 5.10 Å². The van der Waals surface area contributed by atoms with Gasteiger partial charge in [-0.1, -0.05) is 0 Å². The van der Waals surface area contributed by atoms with Crippen LogP contribution in [0.2, 0.25) is 0 Å². The van der Waals surface area contributed by atoms with Gasteiger partial charge >= 0.3 is 0 Å². The topological polar surface area (TPSA) is 90.0 Å². The third kappa shape index (κ3) is 3.59. The van der Waals surface area contributed by atoms with Crippen molar-refractivity contribution < 1.29 is 13.6 Å². The Hall–Kier alpha value is -3.56. The molecule has 7 rings (SSSR count). The Bertz CT molecular complexity index is 1180. The number of hydrogen-bond acceptors (Lipinski definition) is 6. The standard InChI is InChI=1S/C23H23F2N7O/c24-23(25)5-8-31(13-23)21-20(17(3-6-26-21)18-4-7-28-30-18)29-22(33)15-1-2-19(27-11-15)32-12-14-9-16(32)10-14/h1-4,6-7,11,14,16H,5,8-10,12-13H2,(H,28,30)(H,29,33). The molecule has 1 amide bonds. The molecule has 6 heterocycles. The van der Waals surface area contributed by atoms with E-state index in [9.17, 15) is 13.6 Å². The Morgan fingerprint density at radius 3 is 2.67 bits per heavy atom. The Morgan fingerprint density at radius 1 is 1.15 bits per heavy atom. The molecule has 3 aromatic rings. The van der Waals surface area contributed by atoms with Gasteiger partial charge in [-0.25, -0.2) is 18.7 Å². The van der Waals surface area contributed by atoms with Crippen molar-refractivity contribution in [1.82, 2.24) is 20.2 Å². The lowest BCUT2D eigenvalue weighted by molar-refractivity contribution is 0.0257. The van der Waals surface area contributed by atoms with E-state index >= 15 is 0 Å². The van der Waals surface area contributed by atoms with E-state index in [0.717, 1.165) is 18.3 Å². The van der Waals surface area contributed by atoms with E-state index in [1.807, 2.05) is 6.07 Å². The predicted octanol–water partition coefficient (Wildman–Crippen LogP) is 3.56. The Morgan fingerprint density at radius 2 is 2.03 bits per heavy atom. The lowest BCUT2D eigenvalue weighted by atomic mass is 9.86. The van der Waals surface area contributed by atoms with Gasteiger partial charge in [0, 0.05) is 49.7 Å². The Labute approximate surface area is 189 Å². The van der Waals surface area contributed by atoms with Gasteiger partial charge < -0.3 is 15.1 Å². The molecule has 3 aliphatic heterocycles. The highest BCUT2D eigenvalue weighted by Crippen LogP contribution is 2.42. The van der Waals surface area contributed by atoms with Crippen molar-refractivity contribution in [2.45, 2.75) is 31.2 Å². The molecular weight excluding hydrogens is 428 g/mol. The molecule has 2 N–H and O–H groups in total. The molecule has 170 valence electrons. The van der Waals surface area contributed by atoms with Crippen LogP contribution in [0.5, 0.6) is 0 Å². The second kappa shape index (κ2) is 7.50. The summed E-state index contributed by atoms with van der Waals surface area (Å²) in [6.07, 6.45) is 6.90. The van der Waals surface area contributed by atoms with Crippen LogP contribution in [0.1, 0.15) is 29.6 Å². The lowest BCUT2D eigenvalue weighted by Crippen LogP contribution is -2.29. The van der Waals surface area contributed by atoms with Gasteiger partial charge in [-0.05, 0) is 43.0 Å². The monoisotopic (exact) mass is 451 g/mol. The zero-order valence-electron chi connectivity index (χ0n) is 17.8.